The predicted molar refractivity (Wildman–Crippen MR) is 63.7 cm³/mol. The molecule has 1 rings (SSSR count). The molecular formula is C14H22. The molecule has 0 heteroatoms. The Morgan fingerprint density at radius 3 is 2.29 bits per heavy atom. The second-order valence-electron chi connectivity index (χ2n) is 4.32. The summed E-state index contributed by atoms with van der Waals surface area (Å²) in [6.07, 6.45) is 3.84. The Bertz CT molecular complexity index is 282. The van der Waals surface area contributed by atoms with Crippen molar-refractivity contribution in [2.24, 2.45) is 5.92 Å². The molecule has 0 atom stereocenters. The van der Waals surface area contributed by atoms with E-state index in [0.717, 1.165) is 5.92 Å². The molecule has 0 radical (unpaired) electrons. The van der Waals surface area contributed by atoms with Gasteiger partial charge in [-0.15, -0.1) is 0 Å². The lowest BCUT2D eigenvalue weighted by atomic mass is 9.91. The first-order valence-corrected chi connectivity index (χ1v) is 5.73. The Morgan fingerprint density at radius 2 is 1.71 bits per heavy atom. The minimum Gasteiger partial charge on any atom is -0.0651 e. The highest BCUT2D eigenvalue weighted by atomic mass is 14.1. The minimum atomic E-state index is 0.857. The molecule has 1 aromatic rings. The largest absolute Gasteiger partial charge is 0.0651 e. The van der Waals surface area contributed by atoms with E-state index in [4.69, 9.17) is 0 Å². The van der Waals surface area contributed by atoms with Crippen LogP contribution in [-0.2, 0) is 6.42 Å². The molecule has 0 heterocycles. The van der Waals surface area contributed by atoms with Crippen molar-refractivity contribution in [3.05, 3.63) is 34.9 Å². The van der Waals surface area contributed by atoms with Crippen LogP contribution >= 0.6 is 0 Å². The Hall–Kier alpha value is -0.780. The molecule has 0 aliphatic rings. The molecule has 0 aromatic heterocycles. The van der Waals surface area contributed by atoms with Crippen molar-refractivity contribution in [2.75, 3.05) is 0 Å². The van der Waals surface area contributed by atoms with Crippen LogP contribution in [0.5, 0.6) is 0 Å². The molecule has 14 heavy (non-hydrogen) atoms. The maximum atomic E-state index is 2.34. The summed E-state index contributed by atoms with van der Waals surface area (Å²) in [6.45, 7) is 8.98. The van der Waals surface area contributed by atoms with Gasteiger partial charge >= 0.3 is 0 Å². The number of hydrogen-bond donors (Lipinski definition) is 0. The number of hydrogen-bond acceptors (Lipinski definition) is 0. The fourth-order valence-corrected chi connectivity index (χ4v) is 1.91. The molecule has 1 aromatic carbocycles. The number of aryl methyl sites for hydroxylation is 2. The first kappa shape index (κ1) is 11.3. The first-order valence-electron chi connectivity index (χ1n) is 5.73. The van der Waals surface area contributed by atoms with E-state index < -0.39 is 0 Å². The van der Waals surface area contributed by atoms with Crippen molar-refractivity contribution in [1.82, 2.24) is 0 Å². The van der Waals surface area contributed by atoms with Gasteiger partial charge in [0.1, 0.15) is 0 Å². The van der Waals surface area contributed by atoms with Gasteiger partial charge in [-0.2, -0.15) is 0 Å². The van der Waals surface area contributed by atoms with Gasteiger partial charge in [0.05, 0.1) is 0 Å². The molecule has 78 valence electrons. The molecule has 0 aliphatic carbocycles. The summed E-state index contributed by atoms with van der Waals surface area (Å²) in [5.74, 6) is 0.857. The van der Waals surface area contributed by atoms with Crippen LogP contribution in [-0.4, -0.2) is 0 Å². The van der Waals surface area contributed by atoms with Gasteiger partial charge in [0, 0.05) is 0 Å². The van der Waals surface area contributed by atoms with E-state index in [9.17, 15) is 0 Å². The normalized spacial score (nSPS) is 10.9. The van der Waals surface area contributed by atoms with Crippen molar-refractivity contribution in [3.8, 4) is 0 Å². The molecule has 0 amide bonds. The third-order valence-electron chi connectivity index (χ3n) is 3.17. The topological polar surface area (TPSA) is 0 Å². The van der Waals surface area contributed by atoms with Crippen LogP contribution in [0.15, 0.2) is 18.2 Å². The van der Waals surface area contributed by atoms with Crippen molar-refractivity contribution in [2.45, 2.75) is 47.0 Å². The average molecular weight is 190 g/mol. The van der Waals surface area contributed by atoms with E-state index in [2.05, 4.69) is 45.9 Å². The molecule has 0 nitrogen and oxygen atoms in total. The standard InChI is InChI=1S/C14H22/c1-5-13(6-2)10-14-9-11(3)7-8-12(14)4/h7-9,13H,5-6,10H2,1-4H3. The predicted octanol–water partition coefficient (Wildman–Crippen LogP) is 4.28. The summed E-state index contributed by atoms with van der Waals surface area (Å²) in [5.41, 5.74) is 4.37. The quantitative estimate of drug-likeness (QED) is 0.664. The van der Waals surface area contributed by atoms with Crippen molar-refractivity contribution in [3.63, 3.8) is 0 Å². The van der Waals surface area contributed by atoms with Crippen molar-refractivity contribution in [1.29, 1.82) is 0 Å². The molecule has 0 fully saturated rings. The lowest BCUT2D eigenvalue weighted by Gasteiger charge is -2.14. The Kier molecular flexibility index (Phi) is 4.19. The van der Waals surface area contributed by atoms with E-state index in [1.807, 2.05) is 0 Å². The molecule has 0 saturated heterocycles. The van der Waals surface area contributed by atoms with Crippen LogP contribution < -0.4 is 0 Å². The zero-order valence-corrected chi connectivity index (χ0v) is 9.93. The van der Waals surface area contributed by atoms with Gasteiger partial charge in [0.15, 0.2) is 0 Å². The van der Waals surface area contributed by atoms with Gasteiger partial charge in [-0.3, -0.25) is 0 Å². The van der Waals surface area contributed by atoms with Gasteiger partial charge in [-0.05, 0) is 37.3 Å². The third kappa shape index (κ3) is 2.87. The van der Waals surface area contributed by atoms with Crippen LogP contribution in [0.1, 0.15) is 43.4 Å². The van der Waals surface area contributed by atoms with E-state index in [1.54, 1.807) is 5.56 Å². The fourth-order valence-electron chi connectivity index (χ4n) is 1.91. The highest BCUT2D eigenvalue weighted by Gasteiger charge is 2.06. The summed E-state index contributed by atoms with van der Waals surface area (Å²) >= 11 is 0. The van der Waals surface area contributed by atoms with E-state index in [0.29, 0.717) is 0 Å². The third-order valence-corrected chi connectivity index (χ3v) is 3.17. The lowest BCUT2D eigenvalue weighted by molar-refractivity contribution is 0.489. The van der Waals surface area contributed by atoms with Crippen molar-refractivity contribution < 1.29 is 0 Å². The molecule has 0 saturated carbocycles. The van der Waals surface area contributed by atoms with Crippen LogP contribution in [0.3, 0.4) is 0 Å². The Balaban J connectivity index is 2.79. The molecule has 0 aliphatic heterocycles. The maximum Gasteiger partial charge on any atom is -0.0248 e. The summed E-state index contributed by atoms with van der Waals surface area (Å²) in [6, 6.07) is 6.78. The second-order valence-corrected chi connectivity index (χ2v) is 4.32. The number of rotatable bonds is 4. The summed E-state index contributed by atoms with van der Waals surface area (Å²) < 4.78 is 0. The van der Waals surface area contributed by atoms with Crippen LogP contribution in [0, 0.1) is 19.8 Å². The molecule has 0 spiro atoms. The van der Waals surface area contributed by atoms with Crippen molar-refractivity contribution >= 4 is 0 Å². The van der Waals surface area contributed by atoms with Gasteiger partial charge in [0.2, 0.25) is 0 Å². The molecule has 0 N–H and O–H groups in total. The lowest BCUT2D eigenvalue weighted by Crippen LogP contribution is -2.03. The van der Waals surface area contributed by atoms with Crippen LogP contribution in [0.2, 0.25) is 0 Å². The van der Waals surface area contributed by atoms with E-state index >= 15 is 0 Å². The summed E-state index contributed by atoms with van der Waals surface area (Å²) in [5, 5.41) is 0. The van der Waals surface area contributed by atoms with Gasteiger partial charge in [-0.25, -0.2) is 0 Å². The number of benzene rings is 1. The highest BCUT2D eigenvalue weighted by molar-refractivity contribution is 5.30. The molecule has 0 unspecified atom stereocenters. The summed E-state index contributed by atoms with van der Waals surface area (Å²) in [7, 11) is 0. The highest BCUT2D eigenvalue weighted by Crippen LogP contribution is 2.19. The second kappa shape index (κ2) is 5.19. The molecule has 0 bridgehead atoms. The zero-order chi connectivity index (χ0) is 10.6. The van der Waals surface area contributed by atoms with Crippen LogP contribution in [0.25, 0.3) is 0 Å². The average Bonchev–Trinajstić information content (AvgIpc) is 2.19. The first-order chi connectivity index (χ1) is 6.67. The van der Waals surface area contributed by atoms with Gasteiger partial charge in [0.25, 0.3) is 0 Å². The minimum absolute atomic E-state index is 0.857. The van der Waals surface area contributed by atoms with Crippen LogP contribution in [0.4, 0.5) is 0 Å². The fraction of sp³-hybridized carbons (Fsp3) is 0.571. The smallest absolute Gasteiger partial charge is 0.0248 e. The molecular weight excluding hydrogens is 168 g/mol. The van der Waals surface area contributed by atoms with Gasteiger partial charge in [-0.1, -0.05) is 50.5 Å². The maximum absolute atomic E-state index is 2.34. The SMILES string of the molecule is CCC(CC)Cc1cc(C)ccc1C. The zero-order valence-electron chi connectivity index (χ0n) is 9.93. The van der Waals surface area contributed by atoms with E-state index in [1.165, 1.54) is 30.4 Å². The Labute approximate surface area is 88.4 Å². The van der Waals surface area contributed by atoms with E-state index in [-0.39, 0.29) is 0 Å². The summed E-state index contributed by atoms with van der Waals surface area (Å²) in [4.78, 5) is 0. The monoisotopic (exact) mass is 190 g/mol. The Morgan fingerprint density at radius 1 is 1.07 bits per heavy atom. The van der Waals surface area contributed by atoms with Gasteiger partial charge < -0.3 is 0 Å².